The van der Waals surface area contributed by atoms with E-state index in [1.807, 2.05) is 21.1 Å². The number of carbonyl (C=O) groups excluding carboxylic acids is 3. The Kier molecular flexibility index (Phi) is 12.6. The number of nitrogens with two attached hydrogens (primary N) is 1. The monoisotopic (exact) mass is 475 g/mol. The number of carbonyl (C=O) groups is 3. The minimum absolute atomic E-state index is 0.112. The quantitative estimate of drug-likeness (QED) is 0.156. The Bertz CT molecular complexity index is 641. The van der Waals surface area contributed by atoms with Gasteiger partial charge in [-0.2, -0.15) is 0 Å². The highest BCUT2D eigenvalue weighted by Crippen LogP contribution is 2.42. The van der Waals surface area contributed by atoms with Crippen LogP contribution in [0.15, 0.2) is 0 Å². The first-order chi connectivity index (χ1) is 15.0. The highest BCUT2D eigenvalue weighted by atomic mass is 16.6. The van der Waals surface area contributed by atoms with E-state index < -0.39 is 22.2 Å². The van der Waals surface area contributed by atoms with Crippen molar-refractivity contribution in [1.82, 2.24) is 0 Å². The Morgan fingerprint density at radius 2 is 1.24 bits per heavy atom. The average Bonchev–Trinajstić information content (AvgIpc) is 2.69. The molecular weight excluding hydrogens is 428 g/mol. The standard InChI is InChI=1S/C24H47N2O7/c1-22(2,19(27)31-14-12-25)10-11-24(5,21(29)33-17-16-30-9)18-23(3,4)20(28)32-15-13-26(6,7)8/h10-18,25H2,1-9H3/q+1. The molecule has 1 atom stereocenters. The van der Waals surface area contributed by atoms with Gasteiger partial charge in [-0.1, -0.05) is 0 Å². The molecule has 0 rings (SSSR count). The van der Waals surface area contributed by atoms with Gasteiger partial charge in [0.15, 0.2) is 0 Å². The molecule has 0 spiro atoms. The van der Waals surface area contributed by atoms with Crippen molar-refractivity contribution in [3.05, 3.63) is 0 Å². The maximum atomic E-state index is 13.1. The molecule has 9 nitrogen and oxygen atoms in total. The first-order valence-corrected chi connectivity index (χ1v) is 11.5. The smallest absolute Gasteiger partial charge is 0.311 e. The molecule has 0 radical (unpaired) electrons. The van der Waals surface area contributed by atoms with Gasteiger partial charge >= 0.3 is 17.9 Å². The van der Waals surface area contributed by atoms with E-state index in [1.54, 1.807) is 34.6 Å². The van der Waals surface area contributed by atoms with Crippen LogP contribution in [0.4, 0.5) is 0 Å². The summed E-state index contributed by atoms with van der Waals surface area (Å²) in [6.07, 6.45) is 0.918. The minimum Gasteiger partial charge on any atom is -0.464 e. The van der Waals surface area contributed by atoms with Gasteiger partial charge in [0.1, 0.15) is 26.4 Å². The van der Waals surface area contributed by atoms with Crippen molar-refractivity contribution in [1.29, 1.82) is 0 Å². The van der Waals surface area contributed by atoms with Crippen molar-refractivity contribution in [3.8, 4) is 0 Å². The second-order valence-corrected chi connectivity index (χ2v) is 11.2. The summed E-state index contributed by atoms with van der Waals surface area (Å²) in [5.41, 5.74) is 2.66. The van der Waals surface area contributed by atoms with E-state index in [9.17, 15) is 14.4 Å². The molecule has 0 aliphatic heterocycles. The number of likely N-dealkylation sites (N-methyl/N-ethyl adjacent to an activating group) is 1. The van der Waals surface area contributed by atoms with Crippen LogP contribution in [0.5, 0.6) is 0 Å². The number of rotatable bonds is 16. The zero-order chi connectivity index (χ0) is 25.9. The van der Waals surface area contributed by atoms with Crippen LogP contribution in [0.25, 0.3) is 0 Å². The Labute approximate surface area is 199 Å². The van der Waals surface area contributed by atoms with Gasteiger partial charge in [0.05, 0.1) is 44.0 Å². The lowest BCUT2D eigenvalue weighted by molar-refractivity contribution is -0.870. The van der Waals surface area contributed by atoms with Gasteiger partial charge in [-0.05, 0) is 53.9 Å². The van der Waals surface area contributed by atoms with E-state index in [0.717, 1.165) is 0 Å². The van der Waals surface area contributed by atoms with Crippen LogP contribution in [-0.4, -0.2) is 90.2 Å². The summed E-state index contributed by atoms with van der Waals surface area (Å²) in [6.45, 7) is 10.6. The van der Waals surface area contributed by atoms with E-state index in [-0.39, 0.29) is 44.7 Å². The fourth-order valence-corrected chi connectivity index (χ4v) is 3.35. The Balaban J connectivity index is 5.47. The van der Waals surface area contributed by atoms with E-state index in [4.69, 9.17) is 24.7 Å². The van der Waals surface area contributed by atoms with Gasteiger partial charge in [-0.25, -0.2) is 0 Å². The summed E-state index contributed by atoms with van der Waals surface area (Å²) in [5, 5.41) is 0. The van der Waals surface area contributed by atoms with Crippen LogP contribution in [0.3, 0.4) is 0 Å². The van der Waals surface area contributed by atoms with Gasteiger partial charge < -0.3 is 29.2 Å². The van der Waals surface area contributed by atoms with Crippen molar-refractivity contribution < 1.29 is 37.8 Å². The minimum atomic E-state index is -1.01. The number of quaternary nitrogens is 1. The molecule has 33 heavy (non-hydrogen) atoms. The number of hydrogen-bond donors (Lipinski definition) is 1. The highest BCUT2D eigenvalue weighted by molar-refractivity contribution is 5.81. The van der Waals surface area contributed by atoms with Gasteiger partial charge in [0, 0.05) is 13.7 Å². The summed E-state index contributed by atoms with van der Waals surface area (Å²) in [7, 11) is 7.59. The van der Waals surface area contributed by atoms with Crippen molar-refractivity contribution >= 4 is 17.9 Å². The molecule has 0 aromatic rings. The number of methoxy groups -OCH3 is 1. The molecule has 0 bridgehead atoms. The molecule has 1 unspecified atom stereocenters. The van der Waals surface area contributed by atoms with Crippen LogP contribution >= 0.6 is 0 Å². The molecule has 0 heterocycles. The lowest BCUT2D eigenvalue weighted by atomic mass is 9.69. The Hall–Kier alpha value is -1.71. The molecule has 0 amide bonds. The van der Waals surface area contributed by atoms with Gasteiger partial charge in [0.25, 0.3) is 0 Å². The summed E-state index contributed by atoms with van der Waals surface area (Å²) < 4.78 is 21.8. The molecule has 0 saturated heterocycles. The molecule has 0 fully saturated rings. The van der Waals surface area contributed by atoms with Crippen LogP contribution < -0.4 is 5.73 Å². The summed E-state index contributed by atoms with van der Waals surface area (Å²) in [5.74, 6) is -1.17. The normalized spacial score (nSPS) is 14.4. The van der Waals surface area contributed by atoms with Crippen molar-refractivity contribution in [2.24, 2.45) is 22.0 Å². The fourth-order valence-electron chi connectivity index (χ4n) is 3.35. The molecule has 0 aliphatic carbocycles. The van der Waals surface area contributed by atoms with Crippen LogP contribution in [0, 0.1) is 16.2 Å². The molecule has 194 valence electrons. The number of esters is 3. The third kappa shape index (κ3) is 11.8. The number of nitrogens with zero attached hydrogens (tertiary/aromatic N) is 1. The maximum Gasteiger partial charge on any atom is 0.311 e. The second-order valence-electron chi connectivity index (χ2n) is 11.2. The third-order valence-electron chi connectivity index (χ3n) is 5.60. The molecule has 9 heteroatoms. The van der Waals surface area contributed by atoms with E-state index in [0.29, 0.717) is 30.5 Å². The second kappa shape index (κ2) is 13.2. The third-order valence-corrected chi connectivity index (χ3v) is 5.60. The maximum absolute atomic E-state index is 13.1. The summed E-state index contributed by atoms with van der Waals surface area (Å²) in [4.78, 5) is 38.4. The zero-order valence-electron chi connectivity index (χ0n) is 22.2. The number of ether oxygens (including phenoxy) is 4. The van der Waals surface area contributed by atoms with E-state index in [2.05, 4.69) is 0 Å². The van der Waals surface area contributed by atoms with Crippen molar-refractivity contribution in [2.45, 2.75) is 53.9 Å². The largest absolute Gasteiger partial charge is 0.464 e. The lowest BCUT2D eigenvalue weighted by Crippen LogP contribution is -2.42. The predicted octanol–water partition coefficient (Wildman–Crippen LogP) is 2.16. The highest BCUT2D eigenvalue weighted by Gasteiger charge is 2.45. The van der Waals surface area contributed by atoms with Crippen LogP contribution in [0.1, 0.15) is 53.9 Å². The van der Waals surface area contributed by atoms with Crippen molar-refractivity contribution in [3.63, 3.8) is 0 Å². The molecule has 0 saturated carbocycles. The van der Waals surface area contributed by atoms with Crippen molar-refractivity contribution in [2.75, 3.05) is 67.8 Å². The van der Waals surface area contributed by atoms with Gasteiger partial charge in [0.2, 0.25) is 0 Å². The molecule has 0 aromatic heterocycles. The molecule has 0 aliphatic rings. The average molecular weight is 476 g/mol. The number of hydrogen-bond acceptors (Lipinski definition) is 8. The Morgan fingerprint density at radius 3 is 1.76 bits per heavy atom. The SMILES string of the molecule is COCCOC(=O)C(C)(CCC(C)(C)C(=O)OCCN)CC(C)(C)C(=O)OCC[N+](C)(C)C. The van der Waals surface area contributed by atoms with E-state index >= 15 is 0 Å². The molecular formula is C24H47N2O7+. The predicted molar refractivity (Wildman–Crippen MR) is 126 cm³/mol. The summed E-state index contributed by atoms with van der Waals surface area (Å²) in [6, 6.07) is 0. The van der Waals surface area contributed by atoms with Gasteiger partial charge in [-0.3, -0.25) is 14.4 Å². The first kappa shape index (κ1) is 31.3. The molecule has 0 aromatic carbocycles. The van der Waals surface area contributed by atoms with Crippen LogP contribution in [-0.2, 0) is 33.3 Å². The summed E-state index contributed by atoms with van der Waals surface area (Å²) >= 11 is 0. The topological polar surface area (TPSA) is 114 Å². The fraction of sp³-hybridized carbons (Fsp3) is 0.875. The van der Waals surface area contributed by atoms with Gasteiger partial charge in [-0.15, -0.1) is 0 Å². The first-order valence-electron chi connectivity index (χ1n) is 11.5. The molecule has 2 N–H and O–H groups in total. The zero-order valence-corrected chi connectivity index (χ0v) is 22.2. The Morgan fingerprint density at radius 1 is 0.727 bits per heavy atom. The lowest BCUT2D eigenvalue weighted by Gasteiger charge is -2.36. The van der Waals surface area contributed by atoms with E-state index in [1.165, 1.54) is 7.11 Å². The van der Waals surface area contributed by atoms with Crippen LogP contribution in [0.2, 0.25) is 0 Å².